The third kappa shape index (κ3) is 5.45. The molecular weight excluding hydrogens is 368 g/mol. The highest BCUT2D eigenvalue weighted by Gasteiger charge is 2.27. The van der Waals surface area contributed by atoms with E-state index in [2.05, 4.69) is 5.32 Å². The summed E-state index contributed by atoms with van der Waals surface area (Å²) in [4.78, 5) is 12.5. The van der Waals surface area contributed by atoms with Crippen LogP contribution < -0.4 is 14.4 Å². The molecule has 0 spiro atoms. The average molecular weight is 392 g/mol. The van der Waals surface area contributed by atoms with Gasteiger partial charge in [-0.2, -0.15) is 0 Å². The highest BCUT2D eigenvalue weighted by Crippen LogP contribution is 2.24. The molecule has 0 radical (unpaired) electrons. The number of carbonyl (C=O) groups excluding carboxylic acids is 1. The molecule has 2 rings (SSSR count). The molecule has 7 nitrogen and oxygen atoms in total. The Kier molecular flexibility index (Phi) is 7.20. The van der Waals surface area contributed by atoms with E-state index < -0.39 is 15.9 Å². The fraction of sp³-hybridized carbons (Fsp3) is 0.316. The molecule has 0 aliphatic rings. The number of benzene rings is 2. The summed E-state index contributed by atoms with van der Waals surface area (Å²) in [7, 11) is -0.897. The van der Waals surface area contributed by atoms with Crippen LogP contribution in [0.4, 0.5) is 5.69 Å². The summed E-state index contributed by atoms with van der Waals surface area (Å²) in [6, 6.07) is 14.3. The maximum atomic E-state index is 13.2. The van der Waals surface area contributed by atoms with Gasteiger partial charge < -0.3 is 14.8 Å². The third-order valence-electron chi connectivity index (χ3n) is 3.80. The van der Waals surface area contributed by atoms with E-state index in [1.807, 2.05) is 0 Å². The molecule has 0 bridgehead atoms. The van der Waals surface area contributed by atoms with Gasteiger partial charge in [0.05, 0.1) is 24.3 Å². The number of hydrogen-bond acceptors (Lipinski definition) is 5. The van der Waals surface area contributed by atoms with Crippen molar-refractivity contribution in [2.75, 3.05) is 31.7 Å². The van der Waals surface area contributed by atoms with E-state index in [4.69, 9.17) is 9.47 Å². The average Bonchev–Trinajstić information content (AvgIpc) is 2.67. The van der Waals surface area contributed by atoms with Crippen molar-refractivity contribution in [1.29, 1.82) is 0 Å². The quantitative estimate of drug-likeness (QED) is 0.706. The zero-order valence-electron chi connectivity index (χ0n) is 15.6. The number of amides is 1. The van der Waals surface area contributed by atoms with Crippen LogP contribution in [0.25, 0.3) is 0 Å². The smallest absolute Gasteiger partial charge is 0.264 e. The number of ether oxygens (including phenoxy) is 2. The molecule has 146 valence electrons. The van der Waals surface area contributed by atoms with Crippen LogP contribution in [0.2, 0.25) is 0 Å². The number of methoxy groups -OCH3 is 2. The minimum atomic E-state index is -3.94. The van der Waals surface area contributed by atoms with Gasteiger partial charge in [-0.15, -0.1) is 0 Å². The molecule has 0 aliphatic heterocycles. The van der Waals surface area contributed by atoms with Gasteiger partial charge in [0.1, 0.15) is 12.3 Å². The number of anilines is 1. The van der Waals surface area contributed by atoms with Crippen molar-refractivity contribution in [3.05, 3.63) is 54.6 Å². The Balaban J connectivity index is 2.33. The van der Waals surface area contributed by atoms with Gasteiger partial charge in [0.2, 0.25) is 5.91 Å². The standard InChI is InChI=1S/C19H24N2O5S/c1-15(14-25-2)20-19(22)13-21(16-7-5-4-6-8-16)27(23,24)18-11-9-17(26-3)10-12-18/h4-12,15H,13-14H2,1-3H3,(H,20,22)/t15-/m1/s1. The van der Waals surface area contributed by atoms with E-state index in [1.54, 1.807) is 49.4 Å². The predicted octanol–water partition coefficient (Wildman–Crippen LogP) is 2.04. The maximum Gasteiger partial charge on any atom is 0.264 e. The Bertz CT molecular complexity index is 838. The van der Waals surface area contributed by atoms with Crippen molar-refractivity contribution < 1.29 is 22.7 Å². The van der Waals surface area contributed by atoms with Crippen LogP contribution in [0.1, 0.15) is 6.92 Å². The second-order valence-corrected chi connectivity index (χ2v) is 7.81. The minimum absolute atomic E-state index is 0.0740. The van der Waals surface area contributed by atoms with Crippen LogP contribution in [0.3, 0.4) is 0 Å². The monoisotopic (exact) mass is 392 g/mol. The largest absolute Gasteiger partial charge is 0.497 e. The lowest BCUT2D eigenvalue weighted by atomic mass is 10.3. The highest BCUT2D eigenvalue weighted by atomic mass is 32.2. The molecule has 1 amide bonds. The molecule has 0 saturated carbocycles. The van der Waals surface area contributed by atoms with Gasteiger partial charge in [0.25, 0.3) is 10.0 Å². The van der Waals surface area contributed by atoms with Crippen LogP contribution >= 0.6 is 0 Å². The molecule has 2 aromatic carbocycles. The number of carbonyl (C=O) groups is 1. The van der Waals surface area contributed by atoms with Gasteiger partial charge in [-0.05, 0) is 43.3 Å². The van der Waals surface area contributed by atoms with Crippen LogP contribution in [-0.2, 0) is 19.6 Å². The predicted molar refractivity (Wildman–Crippen MR) is 103 cm³/mol. The Morgan fingerprint density at radius 1 is 1.07 bits per heavy atom. The molecule has 0 heterocycles. The molecule has 2 aromatic rings. The number of nitrogens with one attached hydrogen (secondary N) is 1. The summed E-state index contributed by atoms with van der Waals surface area (Å²) in [6.45, 7) is 1.78. The van der Waals surface area contributed by atoms with Gasteiger partial charge in [0.15, 0.2) is 0 Å². The lowest BCUT2D eigenvalue weighted by Crippen LogP contribution is -2.44. The molecule has 1 atom stereocenters. The van der Waals surface area contributed by atoms with Crippen LogP contribution in [0, 0.1) is 0 Å². The van der Waals surface area contributed by atoms with Crippen LogP contribution in [-0.4, -0.2) is 47.7 Å². The first-order chi connectivity index (χ1) is 12.9. The molecule has 0 saturated heterocycles. The lowest BCUT2D eigenvalue weighted by molar-refractivity contribution is -0.120. The Morgan fingerprint density at radius 2 is 1.70 bits per heavy atom. The number of sulfonamides is 1. The van der Waals surface area contributed by atoms with E-state index in [0.29, 0.717) is 18.0 Å². The van der Waals surface area contributed by atoms with E-state index in [1.165, 1.54) is 26.4 Å². The summed E-state index contributed by atoms with van der Waals surface area (Å²) >= 11 is 0. The van der Waals surface area contributed by atoms with Crippen molar-refractivity contribution in [2.45, 2.75) is 17.9 Å². The van der Waals surface area contributed by atoms with Gasteiger partial charge in [0, 0.05) is 13.2 Å². The molecule has 0 aromatic heterocycles. The lowest BCUT2D eigenvalue weighted by Gasteiger charge is -2.25. The topological polar surface area (TPSA) is 84.9 Å². The first-order valence-electron chi connectivity index (χ1n) is 8.38. The molecular formula is C19H24N2O5S. The van der Waals surface area contributed by atoms with Gasteiger partial charge >= 0.3 is 0 Å². The molecule has 27 heavy (non-hydrogen) atoms. The number of rotatable bonds is 9. The van der Waals surface area contributed by atoms with E-state index in [0.717, 1.165) is 4.31 Å². The number of nitrogens with zero attached hydrogens (tertiary/aromatic N) is 1. The van der Waals surface area contributed by atoms with Crippen molar-refractivity contribution in [1.82, 2.24) is 5.32 Å². The third-order valence-corrected chi connectivity index (χ3v) is 5.59. The molecule has 8 heteroatoms. The Hall–Kier alpha value is -2.58. The summed E-state index contributed by atoms with van der Waals surface area (Å²) in [5.41, 5.74) is 0.405. The number of para-hydroxylation sites is 1. The zero-order valence-corrected chi connectivity index (χ0v) is 16.4. The van der Waals surface area contributed by atoms with Crippen molar-refractivity contribution in [3.63, 3.8) is 0 Å². The van der Waals surface area contributed by atoms with E-state index in [-0.39, 0.29) is 17.5 Å². The zero-order chi connectivity index (χ0) is 19.9. The normalized spacial score (nSPS) is 12.3. The SMILES string of the molecule is COC[C@@H](C)NC(=O)CN(c1ccccc1)S(=O)(=O)c1ccc(OC)cc1. The summed E-state index contributed by atoms with van der Waals surface area (Å²) in [5, 5.41) is 2.73. The summed E-state index contributed by atoms with van der Waals surface area (Å²) in [5.74, 6) is 0.131. The van der Waals surface area contributed by atoms with Gasteiger partial charge in [-0.25, -0.2) is 8.42 Å². The fourth-order valence-electron chi connectivity index (χ4n) is 2.53. The first-order valence-corrected chi connectivity index (χ1v) is 9.82. The summed E-state index contributed by atoms with van der Waals surface area (Å²) < 4.78 is 37.5. The van der Waals surface area contributed by atoms with Crippen molar-refractivity contribution in [2.24, 2.45) is 0 Å². The second kappa shape index (κ2) is 9.38. The van der Waals surface area contributed by atoms with Crippen LogP contribution in [0.5, 0.6) is 5.75 Å². The van der Waals surface area contributed by atoms with E-state index in [9.17, 15) is 13.2 Å². The molecule has 1 N–H and O–H groups in total. The Labute approximate surface area is 160 Å². The fourth-order valence-corrected chi connectivity index (χ4v) is 3.95. The van der Waals surface area contributed by atoms with Crippen molar-refractivity contribution >= 4 is 21.6 Å². The Morgan fingerprint density at radius 3 is 2.26 bits per heavy atom. The minimum Gasteiger partial charge on any atom is -0.497 e. The number of hydrogen-bond donors (Lipinski definition) is 1. The van der Waals surface area contributed by atoms with Gasteiger partial charge in [-0.3, -0.25) is 9.10 Å². The van der Waals surface area contributed by atoms with Crippen molar-refractivity contribution in [3.8, 4) is 5.75 Å². The summed E-state index contributed by atoms with van der Waals surface area (Å²) in [6.07, 6.45) is 0. The van der Waals surface area contributed by atoms with Gasteiger partial charge in [-0.1, -0.05) is 18.2 Å². The molecule has 0 aliphatic carbocycles. The maximum absolute atomic E-state index is 13.2. The second-order valence-electron chi connectivity index (χ2n) is 5.95. The molecule has 0 fully saturated rings. The highest BCUT2D eigenvalue weighted by molar-refractivity contribution is 7.92. The molecule has 0 unspecified atom stereocenters. The first kappa shape index (κ1) is 20.7. The van der Waals surface area contributed by atoms with Crippen LogP contribution in [0.15, 0.2) is 59.5 Å². The van der Waals surface area contributed by atoms with E-state index >= 15 is 0 Å².